The van der Waals surface area contributed by atoms with E-state index in [0.29, 0.717) is 0 Å². The second-order valence-corrected chi connectivity index (χ2v) is 13.3. The van der Waals surface area contributed by atoms with Crippen molar-refractivity contribution in [1.29, 1.82) is 0 Å². The summed E-state index contributed by atoms with van der Waals surface area (Å²) in [5.74, 6) is -4.58. The van der Waals surface area contributed by atoms with E-state index in [1.54, 1.807) is 0 Å². The Morgan fingerprint density at radius 3 is 2.18 bits per heavy atom. The van der Waals surface area contributed by atoms with Crippen molar-refractivity contribution < 1.29 is 43.6 Å². The summed E-state index contributed by atoms with van der Waals surface area (Å²) < 4.78 is 16.1. The predicted octanol–water partition coefficient (Wildman–Crippen LogP) is 0.481. The molecule has 1 aliphatic rings. The minimum absolute atomic E-state index is 0.0505. The molecular weight excluding hydrogens is 734 g/mol. The molecule has 1 saturated heterocycles. The molecule has 2 amide bonds. The van der Waals surface area contributed by atoms with Crippen LogP contribution < -0.4 is 37.3 Å². The number of esters is 2. The number of carbonyl (C=O) groups excluding carboxylic acids is 4. The number of piperazine rings is 1. The van der Waals surface area contributed by atoms with Gasteiger partial charge in [-0.1, -0.05) is 12.1 Å². The molecule has 2 heterocycles. The molecule has 1 fully saturated rings. The molecular formula is C39H31N3O14. The molecule has 1 aromatic heterocycles. The highest BCUT2D eigenvalue weighted by molar-refractivity contribution is 6.23. The number of aromatic hydroxyl groups is 2. The second-order valence-electron chi connectivity index (χ2n) is 13.3. The Morgan fingerprint density at radius 1 is 0.804 bits per heavy atom. The van der Waals surface area contributed by atoms with Crippen LogP contribution in [0.25, 0.3) is 53.9 Å². The molecule has 2 atom stereocenters. The highest BCUT2D eigenvalue weighted by atomic mass is 16.5. The normalized spacial score (nSPS) is 15.8. The fourth-order valence-corrected chi connectivity index (χ4v) is 7.42. The molecule has 17 heteroatoms. The zero-order valence-electron chi connectivity index (χ0n) is 30.1. The van der Waals surface area contributed by atoms with Crippen molar-refractivity contribution in [1.82, 2.24) is 14.8 Å². The summed E-state index contributed by atoms with van der Waals surface area (Å²) >= 11 is 0. The number of pyridine rings is 1. The lowest BCUT2D eigenvalue weighted by Gasteiger charge is -2.37. The molecule has 0 spiro atoms. The molecule has 56 heavy (non-hydrogen) atoms. The SMILES string of the molecule is COC(=O)CCOC(=O)C1CN(C(=O)Cn2c(C)cc3c(=O)c4ccc5c(OC)c6c(=O)c7c(O)cccc7c(=O)c6c(O)c5c4c(=O)c3c2=O)C(C)C(=O)N1. The Morgan fingerprint density at radius 2 is 1.48 bits per heavy atom. The second kappa shape index (κ2) is 13.6. The van der Waals surface area contributed by atoms with Gasteiger partial charge in [-0.2, -0.15) is 0 Å². The third-order valence-corrected chi connectivity index (χ3v) is 10.2. The van der Waals surface area contributed by atoms with Gasteiger partial charge in [0.05, 0.1) is 48.7 Å². The summed E-state index contributed by atoms with van der Waals surface area (Å²) in [6.45, 7) is 1.42. The first kappa shape index (κ1) is 37.2. The Balaban J connectivity index is 1.39. The molecule has 0 bridgehead atoms. The largest absolute Gasteiger partial charge is 0.507 e. The van der Waals surface area contributed by atoms with Crippen molar-refractivity contribution >= 4 is 77.6 Å². The number of fused-ring (bicyclic) bond motifs is 6. The van der Waals surface area contributed by atoms with Crippen LogP contribution in [0.15, 0.2) is 60.4 Å². The smallest absolute Gasteiger partial charge is 0.330 e. The first-order valence-electron chi connectivity index (χ1n) is 17.1. The van der Waals surface area contributed by atoms with Gasteiger partial charge in [0.2, 0.25) is 22.7 Å². The number of carbonyl (C=O) groups is 4. The molecule has 1 aliphatic heterocycles. The average molecular weight is 766 g/mol. The summed E-state index contributed by atoms with van der Waals surface area (Å²) in [4.78, 5) is 122. The van der Waals surface area contributed by atoms with Crippen LogP contribution in [0.5, 0.6) is 17.2 Å². The van der Waals surface area contributed by atoms with Crippen LogP contribution in [0, 0.1) is 6.92 Å². The molecule has 2 unspecified atom stereocenters. The molecule has 0 radical (unpaired) electrons. The molecule has 286 valence electrons. The van der Waals surface area contributed by atoms with E-state index < -0.39 is 97.3 Å². The van der Waals surface area contributed by atoms with E-state index in [1.807, 2.05) is 0 Å². The van der Waals surface area contributed by atoms with Crippen LogP contribution in [-0.2, 0) is 35.2 Å². The number of nitrogens with zero attached hydrogens (tertiary/aromatic N) is 2. The van der Waals surface area contributed by atoms with Crippen LogP contribution in [0.1, 0.15) is 19.0 Å². The number of amides is 2. The number of phenols is 2. The van der Waals surface area contributed by atoms with Crippen molar-refractivity contribution in [2.75, 3.05) is 27.4 Å². The molecule has 0 saturated carbocycles. The van der Waals surface area contributed by atoms with Crippen LogP contribution in [0.3, 0.4) is 0 Å². The van der Waals surface area contributed by atoms with Crippen LogP contribution in [0.2, 0.25) is 0 Å². The van der Waals surface area contributed by atoms with E-state index in [0.717, 1.165) is 16.6 Å². The van der Waals surface area contributed by atoms with E-state index in [1.165, 1.54) is 57.4 Å². The van der Waals surface area contributed by atoms with Crippen molar-refractivity contribution in [2.45, 2.75) is 38.9 Å². The van der Waals surface area contributed by atoms with E-state index in [-0.39, 0.29) is 68.7 Å². The molecule has 3 N–H and O–H groups in total. The van der Waals surface area contributed by atoms with Gasteiger partial charge in [0.15, 0.2) is 10.9 Å². The highest BCUT2D eigenvalue weighted by Crippen LogP contribution is 2.43. The zero-order chi connectivity index (χ0) is 40.5. The number of phenolic OH excluding ortho intramolecular Hbond substituents is 2. The van der Waals surface area contributed by atoms with E-state index in [4.69, 9.17) is 9.47 Å². The topological polar surface area (TPSA) is 242 Å². The molecule has 5 aromatic carbocycles. The molecule has 17 nitrogen and oxygen atoms in total. The van der Waals surface area contributed by atoms with Gasteiger partial charge in [-0.3, -0.25) is 38.4 Å². The Kier molecular flexibility index (Phi) is 9.02. The van der Waals surface area contributed by atoms with E-state index >= 15 is 0 Å². The van der Waals surface area contributed by atoms with Gasteiger partial charge < -0.3 is 39.2 Å². The number of rotatable bonds is 7. The Bertz CT molecular complexity index is 3050. The van der Waals surface area contributed by atoms with E-state index in [9.17, 15) is 53.4 Å². The van der Waals surface area contributed by atoms with Gasteiger partial charge in [0.25, 0.3) is 5.56 Å². The fourth-order valence-electron chi connectivity index (χ4n) is 7.42. The third kappa shape index (κ3) is 5.49. The summed E-state index contributed by atoms with van der Waals surface area (Å²) in [5.41, 5.74) is -4.47. The maximum atomic E-state index is 14.5. The summed E-state index contributed by atoms with van der Waals surface area (Å²) in [6.07, 6.45) is -0.239. The average Bonchev–Trinajstić information content (AvgIpc) is 3.17. The Labute approximate surface area is 312 Å². The van der Waals surface area contributed by atoms with Crippen molar-refractivity contribution in [2.24, 2.45) is 0 Å². The number of benzene rings is 5. The molecule has 6 aromatic rings. The lowest BCUT2D eigenvalue weighted by Crippen LogP contribution is -2.63. The minimum atomic E-state index is -1.30. The third-order valence-electron chi connectivity index (χ3n) is 10.2. The zero-order valence-corrected chi connectivity index (χ0v) is 30.1. The Hall–Kier alpha value is -7.17. The van der Waals surface area contributed by atoms with Crippen molar-refractivity contribution in [3.05, 3.63) is 93.3 Å². The lowest BCUT2D eigenvalue weighted by atomic mass is 9.92. The maximum absolute atomic E-state index is 14.5. The number of hydrogen-bond acceptors (Lipinski definition) is 14. The summed E-state index contributed by atoms with van der Waals surface area (Å²) in [5, 5.41) is 21.3. The van der Waals surface area contributed by atoms with Gasteiger partial charge >= 0.3 is 11.9 Å². The highest BCUT2D eigenvalue weighted by Gasteiger charge is 2.38. The van der Waals surface area contributed by atoms with Crippen molar-refractivity contribution in [3.8, 4) is 17.2 Å². The van der Waals surface area contributed by atoms with Crippen LogP contribution in [-0.4, -0.2) is 82.9 Å². The summed E-state index contributed by atoms with van der Waals surface area (Å²) in [7, 11) is 2.35. The number of ether oxygens (including phenoxy) is 3. The van der Waals surface area contributed by atoms with Gasteiger partial charge in [0, 0.05) is 38.0 Å². The van der Waals surface area contributed by atoms with Gasteiger partial charge in [-0.05, 0) is 38.1 Å². The van der Waals surface area contributed by atoms with Gasteiger partial charge in [-0.15, -0.1) is 0 Å². The van der Waals surface area contributed by atoms with E-state index in [2.05, 4.69) is 10.1 Å². The number of aromatic nitrogens is 1. The quantitative estimate of drug-likeness (QED) is 0.114. The van der Waals surface area contributed by atoms with Crippen molar-refractivity contribution in [3.63, 3.8) is 0 Å². The number of aryl methyl sites for hydroxylation is 1. The monoisotopic (exact) mass is 765 g/mol. The predicted molar refractivity (Wildman–Crippen MR) is 201 cm³/mol. The number of hydrogen-bond donors (Lipinski definition) is 3. The molecule has 0 aliphatic carbocycles. The van der Waals surface area contributed by atoms with Gasteiger partial charge in [-0.25, -0.2) is 4.79 Å². The number of nitrogens with one attached hydrogen (secondary N) is 1. The standard InChI is InChI=1S/C39H31N3O14/c1-15-12-20-28(38(52)41(15)14-23(44)42-13-21(40-37(51)16(42)2)39(53)56-11-10-24(45)54-3)34(49)26-18(31(20)46)8-9-19-27(26)35(50)29-30(36(19)55-4)33(48)25-17(32(29)47)6-5-7-22(25)43/h5-9,12,16,21,43,50H,10-11,13-14H2,1-4H3,(H,40,51). The molecule has 7 rings (SSSR count). The first-order valence-corrected chi connectivity index (χ1v) is 17.1. The first-order chi connectivity index (χ1) is 26.6. The summed E-state index contributed by atoms with van der Waals surface area (Å²) in [6, 6.07) is 5.28. The van der Waals surface area contributed by atoms with Crippen LogP contribution >= 0.6 is 0 Å². The fraction of sp³-hybridized carbons (Fsp3) is 0.256. The lowest BCUT2D eigenvalue weighted by molar-refractivity contribution is -0.156. The minimum Gasteiger partial charge on any atom is -0.507 e. The maximum Gasteiger partial charge on any atom is 0.330 e. The van der Waals surface area contributed by atoms with Crippen LogP contribution in [0.4, 0.5) is 0 Å². The van der Waals surface area contributed by atoms with Gasteiger partial charge in [0.1, 0.15) is 42.5 Å². The number of methoxy groups -OCH3 is 2.